The molecule has 3 aromatic rings. The minimum Gasteiger partial charge on any atom is -0.504 e. The van der Waals surface area contributed by atoms with Crippen LogP contribution in [0.2, 0.25) is 0 Å². The van der Waals surface area contributed by atoms with Crippen LogP contribution in [0.4, 0.5) is 0 Å². The molecule has 0 heterocycles. The molecule has 0 aromatic heterocycles. The number of phenols is 6. The van der Waals surface area contributed by atoms with Crippen LogP contribution in [-0.4, -0.2) is 79.4 Å². The Morgan fingerprint density at radius 3 is 1.18 bits per heavy atom. The van der Waals surface area contributed by atoms with Crippen LogP contribution < -0.4 is 10.6 Å². The number of aromatic hydroxyl groups is 6. The molecule has 0 saturated carbocycles. The molecule has 0 aliphatic rings. The standard InChI is InChI=1S/C37H49N3O9/c41-29-19-13-16-26(32(29)44)35(47)38-22-9-5-1-3-7-11-24-40(37(49)28-18-15-21-31(43)34(28)46)25-12-8-4-2-6-10-23-39-36(48)27-17-14-20-30(42)33(27)45/h13-21,41-46H,1-12,22-25H2,(H,38,47)(H,39,48). The van der Waals surface area contributed by atoms with E-state index >= 15 is 0 Å². The van der Waals surface area contributed by atoms with Gasteiger partial charge in [-0.15, -0.1) is 0 Å². The van der Waals surface area contributed by atoms with E-state index in [-0.39, 0.29) is 39.8 Å². The topological polar surface area (TPSA) is 200 Å². The number of nitrogens with one attached hydrogen (secondary N) is 2. The van der Waals surface area contributed by atoms with Crippen LogP contribution in [0.1, 0.15) is 108 Å². The summed E-state index contributed by atoms with van der Waals surface area (Å²) in [6.07, 6.45) is 10.5. The van der Waals surface area contributed by atoms with Gasteiger partial charge in [0, 0.05) is 26.2 Å². The lowest BCUT2D eigenvalue weighted by Gasteiger charge is -2.23. The van der Waals surface area contributed by atoms with Crippen LogP contribution in [-0.2, 0) is 0 Å². The number of hydrogen-bond acceptors (Lipinski definition) is 9. The fraction of sp³-hybridized carbons (Fsp3) is 0.432. The van der Waals surface area contributed by atoms with Crippen LogP contribution in [0, 0.1) is 0 Å². The van der Waals surface area contributed by atoms with Crippen LogP contribution in [0.3, 0.4) is 0 Å². The molecule has 0 unspecified atom stereocenters. The summed E-state index contributed by atoms with van der Waals surface area (Å²) in [5, 5.41) is 64.5. The van der Waals surface area contributed by atoms with Crippen LogP contribution in [0.25, 0.3) is 0 Å². The Hall–Kier alpha value is -5.13. The summed E-state index contributed by atoms with van der Waals surface area (Å²) in [5.74, 6) is -3.50. The fourth-order valence-electron chi connectivity index (χ4n) is 5.48. The van der Waals surface area contributed by atoms with E-state index in [4.69, 9.17) is 0 Å². The minimum absolute atomic E-state index is 0.0337. The van der Waals surface area contributed by atoms with Gasteiger partial charge in [-0.2, -0.15) is 0 Å². The molecule has 49 heavy (non-hydrogen) atoms. The average molecular weight is 680 g/mol. The lowest BCUT2D eigenvalue weighted by molar-refractivity contribution is 0.0744. The molecule has 0 spiro atoms. The molecule has 0 aliphatic heterocycles. The van der Waals surface area contributed by atoms with Crippen molar-refractivity contribution in [2.45, 2.75) is 77.0 Å². The number of nitrogens with zero attached hydrogens (tertiary/aromatic N) is 1. The monoisotopic (exact) mass is 679 g/mol. The smallest absolute Gasteiger partial charge is 0.257 e. The second-order valence-corrected chi connectivity index (χ2v) is 12.1. The highest BCUT2D eigenvalue weighted by Gasteiger charge is 2.20. The summed E-state index contributed by atoms with van der Waals surface area (Å²) in [6, 6.07) is 12.9. The van der Waals surface area contributed by atoms with Crippen molar-refractivity contribution in [1.82, 2.24) is 15.5 Å². The number of hydrogen-bond donors (Lipinski definition) is 8. The van der Waals surface area contributed by atoms with E-state index in [0.29, 0.717) is 26.2 Å². The lowest BCUT2D eigenvalue weighted by atomic mass is 10.1. The third-order valence-electron chi connectivity index (χ3n) is 8.33. The van der Waals surface area contributed by atoms with Crippen molar-refractivity contribution in [3.63, 3.8) is 0 Å². The summed E-state index contributed by atoms with van der Waals surface area (Å²) in [7, 11) is 0. The zero-order valence-corrected chi connectivity index (χ0v) is 27.9. The number of phenolic OH excluding ortho intramolecular Hbond substituents is 6. The number of rotatable bonds is 21. The van der Waals surface area contributed by atoms with Gasteiger partial charge in [0.15, 0.2) is 34.5 Å². The number of amides is 3. The molecule has 12 heteroatoms. The van der Waals surface area contributed by atoms with Crippen molar-refractivity contribution < 1.29 is 45.0 Å². The quantitative estimate of drug-likeness (QED) is 0.0498. The second-order valence-electron chi connectivity index (χ2n) is 12.1. The van der Waals surface area contributed by atoms with Gasteiger partial charge >= 0.3 is 0 Å². The van der Waals surface area contributed by atoms with Gasteiger partial charge in [0.2, 0.25) is 0 Å². The Balaban J connectivity index is 1.32. The van der Waals surface area contributed by atoms with Crippen LogP contribution in [0.5, 0.6) is 34.5 Å². The van der Waals surface area contributed by atoms with Gasteiger partial charge < -0.3 is 46.2 Å². The van der Waals surface area contributed by atoms with Gasteiger partial charge in [-0.05, 0) is 62.1 Å². The first-order valence-electron chi connectivity index (χ1n) is 17.0. The van der Waals surface area contributed by atoms with Crippen molar-refractivity contribution in [3.05, 3.63) is 71.3 Å². The Bertz CT molecular complexity index is 1450. The van der Waals surface area contributed by atoms with Gasteiger partial charge in [0.05, 0.1) is 16.7 Å². The molecular formula is C37H49N3O9. The molecule has 0 atom stereocenters. The predicted octanol–water partition coefficient (Wildman–Crippen LogP) is 5.90. The molecule has 0 radical (unpaired) electrons. The van der Waals surface area contributed by atoms with Gasteiger partial charge in [-0.25, -0.2) is 0 Å². The van der Waals surface area contributed by atoms with E-state index in [1.54, 1.807) is 4.90 Å². The summed E-state index contributed by atoms with van der Waals surface area (Å²) < 4.78 is 0. The molecule has 3 aromatic carbocycles. The molecule has 0 fully saturated rings. The van der Waals surface area contributed by atoms with Gasteiger partial charge in [0.25, 0.3) is 17.7 Å². The lowest BCUT2D eigenvalue weighted by Crippen LogP contribution is -2.33. The highest BCUT2D eigenvalue weighted by atomic mass is 16.3. The number of benzene rings is 3. The van der Waals surface area contributed by atoms with Crippen LogP contribution >= 0.6 is 0 Å². The van der Waals surface area contributed by atoms with Crippen molar-refractivity contribution in [2.24, 2.45) is 0 Å². The zero-order chi connectivity index (χ0) is 35.6. The SMILES string of the molecule is O=C(NCCCCCCCCN(CCCCCCCCNC(=O)c1cccc(O)c1O)C(=O)c1cccc(O)c1O)c1cccc(O)c1O. The fourth-order valence-corrected chi connectivity index (χ4v) is 5.48. The predicted molar refractivity (Wildman–Crippen MR) is 185 cm³/mol. The Kier molecular flexibility index (Phi) is 15.9. The van der Waals surface area contributed by atoms with Crippen molar-refractivity contribution >= 4 is 17.7 Å². The zero-order valence-electron chi connectivity index (χ0n) is 27.9. The molecule has 0 bridgehead atoms. The summed E-state index contributed by atoms with van der Waals surface area (Å²) >= 11 is 0. The van der Waals surface area contributed by atoms with Crippen molar-refractivity contribution in [2.75, 3.05) is 26.2 Å². The number of para-hydroxylation sites is 3. The van der Waals surface area contributed by atoms with E-state index in [9.17, 15) is 45.0 Å². The maximum absolute atomic E-state index is 13.3. The number of carbonyl (C=O) groups is 3. The maximum Gasteiger partial charge on any atom is 0.257 e. The summed E-state index contributed by atoms with van der Waals surface area (Å²) in [5.41, 5.74) is 0.139. The first-order chi connectivity index (χ1) is 23.6. The summed E-state index contributed by atoms with van der Waals surface area (Å²) in [6.45, 7) is 1.94. The molecule has 0 saturated heterocycles. The third-order valence-corrected chi connectivity index (χ3v) is 8.33. The molecule has 3 rings (SSSR count). The van der Waals surface area contributed by atoms with Crippen molar-refractivity contribution in [1.29, 1.82) is 0 Å². The van der Waals surface area contributed by atoms with Gasteiger partial charge in [-0.1, -0.05) is 69.6 Å². The van der Waals surface area contributed by atoms with E-state index in [1.165, 1.54) is 54.6 Å². The Morgan fingerprint density at radius 2 is 0.776 bits per heavy atom. The molecule has 266 valence electrons. The van der Waals surface area contributed by atoms with E-state index in [0.717, 1.165) is 77.0 Å². The third kappa shape index (κ3) is 12.1. The molecule has 12 nitrogen and oxygen atoms in total. The first-order valence-corrected chi connectivity index (χ1v) is 17.0. The van der Waals surface area contributed by atoms with E-state index < -0.39 is 29.1 Å². The first kappa shape index (κ1) is 38.3. The van der Waals surface area contributed by atoms with E-state index in [2.05, 4.69) is 10.6 Å². The Labute approximate surface area is 287 Å². The largest absolute Gasteiger partial charge is 0.504 e. The number of unbranched alkanes of at least 4 members (excludes halogenated alkanes) is 10. The molecule has 0 aliphatic carbocycles. The highest BCUT2D eigenvalue weighted by molar-refractivity contribution is 5.98. The maximum atomic E-state index is 13.3. The van der Waals surface area contributed by atoms with Crippen LogP contribution in [0.15, 0.2) is 54.6 Å². The second kappa shape index (κ2) is 20.3. The molecule has 8 N–H and O–H groups in total. The summed E-state index contributed by atoms with van der Waals surface area (Å²) in [4.78, 5) is 39.5. The normalized spacial score (nSPS) is 10.9. The Morgan fingerprint density at radius 1 is 0.449 bits per heavy atom. The average Bonchev–Trinajstić information content (AvgIpc) is 3.08. The minimum atomic E-state index is -0.439. The highest BCUT2D eigenvalue weighted by Crippen LogP contribution is 2.30. The van der Waals surface area contributed by atoms with E-state index in [1.807, 2.05) is 0 Å². The van der Waals surface area contributed by atoms with Gasteiger partial charge in [-0.3, -0.25) is 14.4 Å². The van der Waals surface area contributed by atoms with Gasteiger partial charge in [0.1, 0.15) is 0 Å². The molecular weight excluding hydrogens is 630 g/mol. The van der Waals surface area contributed by atoms with Crippen molar-refractivity contribution in [3.8, 4) is 34.5 Å². The number of carbonyl (C=O) groups excluding carboxylic acids is 3. The molecule has 3 amide bonds.